The minimum Gasteiger partial charge on any atom is -0.389 e. The van der Waals surface area contributed by atoms with E-state index in [0.29, 0.717) is 0 Å². The molecule has 0 saturated carbocycles. The zero-order valence-electron chi connectivity index (χ0n) is 11.3. The Balaban J connectivity index is 2.23. The van der Waals surface area contributed by atoms with Gasteiger partial charge >= 0.3 is 6.18 Å². The monoisotopic (exact) mass is 344 g/mol. The largest absolute Gasteiger partial charge is 0.453 e. The molecule has 0 bridgehead atoms. The van der Waals surface area contributed by atoms with Gasteiger partial charge in [0.2, 0.25) is 0 Å². The molecule has 0 N–H and O–H groups in total. The summed E-state index contributed by atoms with van der Waals surface area (Å²) >= 11 is 5.97. The van der Waals surface area contributed by atoms with E-state index in [1.54, 1.807) is 13.8 Å². The molecule has 21 heavy (non-hydrogen) atoms. The van der Waals surface area contributed by atoms with E-state index in [1.165, 1.54) is 7.05 Å². The Morgan fingerprint density at radius 3 is 2.52 bits per heavy atom. The van der Waals surface area contributed by atoms with Gasteiger partial charge in [-0.2, -0.15) is 13.2 Å². The van der Waals surface area contributed by atoms with E-state index in [1.807, 2.05) is 0 Å². The summed E-state index contributed by atoms with van der Waals surface area (Å²) in [4.78, 5) is 8.38. The lowest BCUT2D eigenvalue weighted by Gasteiger charge is -2.13. The summed E-state index contributed by atoms with van der Waals surface area (Å²) in [6.45, 7) is 3.49. The van der Waals surface area contributed by atoms with Crippen LogP contribution in [0.5, 0.6) is 0 Å². The molecule has 1 aromatic heterocycles. The first-order valence-corrected chi connectivity index (χ1v) is 7.44. The Labute approximate surface area is 125 Å². The molecular weight excluding hydrogens is 333 g/mol. The van der Waals surface area contributed by atoms with Gasteiger partial charge in [0.25, 0.3) is 5.82 Å². The van der Waals surface area contributed by atoms with Crippen molar-refractivity contribution in [2.75, 3.05) is 0 Å². The zero-order chi connectivity index (χ0) is 16.0. The van der Waals surface area contributed by atoms with Crippen molar-refractivity contribution in [1.29, 1.82) is 0 Å². The van der Waals surface area contributed by atoms with Crippen LogP contribution in [0.3, 0.4) is 0 Å². The highest BCUT2D eigenvalue weighted by atomic mass is 35.5. The maximum Gasteiger partial charge on any atom is 0.453 e. The Morgan fingerprint density at radius 2 is 2.10 bits per heavy atom. The third-order valence-corrected chi connectivity index (χ3v) is 4.60. The normalized spacial score (nSPS) is 20.8. The first-order valence-electron chi connectivity index (χ1n) is 5.79. The van der Waals surface area contributed by atoms with Gasteiger partial charge in [0.05, 0.1) is 10.8 Å². The second kappa shape index (κ2) is 5.24. The van der Waals surface area contributed by atoms with E-state index in [9.17, 15) is 17.4 Å². The van der Waals surface area contributed by atoms with Gasteiger partial charge in [0.1, 0.15) is 10.6 Å². The summed E-state index contributed by atoms with van der Waals surface area (Å²) < 4.78 is 49.5. The van der Waals surface area contributed by atoms with Crippen molar-refractivity contribution in [3.05, 3.63) is 11.6 Å². The molecule has 0 aromatic carbocycles. The lowest BCUT2D eigenvalue weighted by molar-refractivity contribution is -0.145. The Bertz CT molecular complexity index is 614. The SMILES string of the molecule is Cn1nc(C(F)(F)F)nc1C(Cl)S(=O)C1=NOC(C)(C)C1. The molecule has 0 spiro atoms. The molecule has 1 aliphatic rings. The van der Waals surface area contributed by atoms with E-state index < -0.39 is 33.1 Å². The smallest absolute Gasteiger partial charge is 0.389 e. The minimum atomic E-state index is -4.69. The molecule has 2 heterocycles. The Morgan fingerprint density at radius 1 is 1.48 bits per heavy atom. The van der Waals surface area contributed by atoms with Crippen molar-refractivity contribution in [2.45, 2.75) is 36.8 Å². The number of halogens is 4. The first kappa shape index (κ1) is 16.2. The fourth-order valence-electron chi connectivity index (χ4n) is 1.64. The average Bonchev–Trinajstić information content (AvgIpc) is 2.90. The molecule has 2 unspecified atom stereocenters. The molecule has 0 saturated heterocycles. The molecule has 118 valence electrons. The van der Waals surface area contributed by atoms with Gasteiger partial charge in [-0.3, -0.25) is 8.89 Å². The highest BCUT2D eigenvalue weighted by Gasteiger charge is 2.40. The highest BCUT2D eigenvalue weighted by molar-refractivity contribution is 8.01. The van der Waals surface area contributed by atoms with Crippen LogP contribution in [-0.4, -0.2) is 29.6 Å². The number of rotatable bonds is 2. The molecule has 0 amide bonds. The second-order valence-corrected chi connectivity index (χ2v) is 7.27. The third-order valence-electron chi connectivity index (χ3n) is 2.64. The van der Waals surface area contributed by atoms with Gasteiger partial charge < -0.3 is 4.84 Å². The van der Waals surface area contributed by atoms with Crippen molar-refractivity contribution in [3.63, 3.8) is 0 Å². The molecule has 1 aliphatic heterocycles. The summed E-state index contributed by atoms with van der Waals surface area (Å²) in [6, 6.07) is 0. The van der Waals surface area contributed by atoms with Crippen LogP contribution in [0.1, 0.15) is 36.6 Å². The molecule has 6 nitrogen and oxygen atoms in total. The molecule has 11 heteroatoms. The van der Waals surface area contributed by atoms with E-state index >= 15 is 0 Å². The average molecular weight is 345 g/mol. The van der Waals surface area contributed by atoms with Gasteiger partial charge in [-0.15, -0.1) is 5.10 Å². The molecule has 0 aliphatic carbocycles. The van der Waals surface area contributed by atoms with Crippen molar-refractivity contribution >= 4 is 27.4 Å². The van der Waals surface area contributed by atoms with Crippen molar-refractivity contribution in [2.24, 2.45) is 12.2 Å². The first-order chi connectivity index (χ1) is 9.51. The fourth-order valence-corrected chi connectivity index (χ4v) is 3.38. The van der Waals surface area contributed by atoms with Crippen LogP contribution in [0.15, 0.2) is 5.16 Å². The summed E-state index contributed by atoms with van der Waals surface area (Å²) in [5.74, 6) is -1.57. The van der Waals surface area contributed by atoms with Gasteiger partial charge in [0, 0.05) is 13.5 Å². The summed E-state index contributed by atoms with van der Waals surface area (Å²) in [6.07, 6.45) is -4.42. The standard InChI is InChI=1S/C10H12ClF3N4O2S/c1-9(2)4-5(17-20-9)21(19)6(11)7-15-8(10(12,13)14)16-18(7)3/h6H,4H2,1-3H3. The molecular formula is C10H12ClF3N4O2S. The van der Waals surface area contributed by atoms with E-state index in [0.717, 1.165) is 4.68 Å². The van der Waals surface area contributed by atoms with Gasteiger partial charge in [-0.1, -0.05) is 16.8 Å². The topological polar surface area (TPSA) is 69.4 Å². The molecule has 0 radical (unpaired) electrons. The molecule has 2 atom stereocenters. The molecule has 1 aromatic rings. The van der Waals surface area contributed by atoms with Crippen molar-refractivity contribution in [1.82, 2.24) is 14.8 Å². The fraction of sp³-hybridized carbons (Fsp3) is 0.700. The Kier molecular flexibility index (Phi) is 4.04. The van der Waals surface area contributed by atoms with Gasteiger partial charge in [-0.25, -0.2) is 4.98 Å². The van der Waals surface area contributed by atoms with Gasteiger partial charge in [0.15, 0.2) is 10.5 Å². The summed E-state index contributed by atoms with van der Waals surface area (Å²) in [7, 11) is -0.611. The number of alkyl halides is 4. The lowest BCUT2D eigenvalue weighted by Crippen LogP contribution is -2.22. The number of aromatic nitrogens is 3. The Hall–Kier alpha value is -1.16. The number of nitrogens with zero attached hydrogens (tertiary/aromatic N) is 4. The lowest BCUT2D eigenvalue weighted by atomic mass is 10.1. The van der Waals surface area contributed by atoms with E-state index in [2.05, 4.69) is 15.2 Å². The van der Waals surface area contributed by atoms with Crippen LogP contribution < -0.4 is 0 Å². The zero-order valence-corrected chi connectivity index (χ0v) is 12.9. The second-order valence-electron chi connectivity index (χ2n) is 5.04. The van der Waals surface area contributed by atoms with Crippen LogP contribution in [-0.2, 0) is 28.9 Å². The predicted molar refractivity (Wildman–Crippen MR) is 70.0 cm³/mol. The van der Waals surface area contributed by atoms with Crippen molar-refractivity contribution in [3.8, 4) is 0 Å². The predicted octanol–water partition coefficient (Wildman–Crippen LogP) is 2.33. The maximum atomic E-state index is 12.5. The molecule has 2 rings (SSSR count). The third kappa shape index (κ3) is 3.37. The quantitative estimate of drug-likeness (QED) is 0.772. The van der Waals surface area contributed by atoms with Crippen LogP contribution >= 0.6 is 11.6 Å². The van der Waals surface area contributed by atoms with Crippen LogP contribution in [0.2, 0.25) is 0 Å². The number of oxime groups is 1. The van der Waals surface area contributed by atoms with Crippen molar-refractivity contribution < 1.29 is 22.2 Å². The molecule has 0 fully saturated rings. The number of aryl methyl sites for hydroxylation is 1. The maximum absolute atomic E-state index is 12.5. The number of hydrogen-bond donors (Lipinski definition) is 0. The number of hydrogen-bond acceptors (Lipinski definition) is 5. The summed E-state index contributed by atoms with van der Waals surface area (Å²) in [5.41, 5.74) is -0.612. The van der Waals surface area contributed by atoms with Gasteiger partial charge in [-0.05, 0) is 13.8 Å². The van der Waals surface area contributed by atoms with E-state index in [4.69, 9.17) is 16.4 Å². The highest BCUT2D eigenvalue weighted by Crippen LogP contribution is 2.33. The van der Waals surface area contributed by atoms with Crippen LogP contribution in [0.4, 0.5) is 13.2 Å². The van der Waals surface area contributed by atoms with Crippen LogP contribution in [0.25, 0.3) is 0 Å². The van der Waals surface area contributed by atoms with Crippen LogP contribution in [0, 0.1) is 0 Å². The minimum absolute atomic E-state index is 0.177. The van der Waals surface area contributed by atoms with E-state index in [-0.39, 0.29) is 17.3 Å². The summed E-state index contributed by atoms with van der Waals surface area (Å²) in [5, 5.41) is 7.08.